The molecular weight excluding hydrogens is 156 g/mol. The fourth-order valence-corrected chi connectivity index (χ4v) is 1.21. The van der Waals surface area contributed by atoms with Crippen LogP contribution in [0.15, 0.2) is 0 Å². The summed E-state index contributed by atoms with van der Waals surface area (Å²) in [7, 11) is -3.26. The second-order valence-electron chi connectivity index (χ2n) is 2.10. The average molecular weight is 166 g/mol. The van der Waals surface area contributed by atoms with Gasteiger partial charge in [-0.05, 0) is 6.92 Å². The largest absolute Gasteiger partial charge is 0.376 e. The summed E-state index contributed by atoms with van der Waals surface area (Å²) in [6.07, 6.45) is -0.232. The number of hydrogen-bond acceptors (Lipinski definition) is 4. The van der Waals surface area contributed by atoms with Crippen molar-refractivity contribution in [3.63, 3.8) is 0 Å². The Morgan fingerprint density at radius 3 is 2.50 bits per heavy atom. The van der Waals surface area contributed by atoms with E-state index in [0.29, 0.717) is 13.2 Å². The quantitative estimate of drug-likeness (QED) is 0.542. The van der Waals surface area contributed by atoms with Crippen molar-refractivity contribution in [2.75, 3.05) is 19.0 Å². The van der Waals surface area contributed by atoms with E-state index in [1.807, 2.05) is 0 Å². The number of hydrogen-bond donors (Lipinski definition) is 0. The van der Waals surface area contributed by atoms with Crippen molar-refractivity contribution in [2.24, 2.45) is 0 Å². The molecule has 0 aliphatic carbocycles. The van der Waals surface area contributed by atoms with E-state index in [4.69, 9.17) is 4.74 Å². The van der Waals surface area contributed by atoms with Crippen LogP contribution in [-0.4, -0.2) is 33.5 Å². The molecule has 0 spiro atoms. The third kappa shape index (κ3) is 1.93. The Labute approximate surface area is 60.3 Å². The maximum Gasteiger partial charge on any atom is 0.267 e. The molecule has 10 heavy (non-hydrogen) atoms. The van der Waals surface area contributed by atoms with Crippen molar-refractivity contribution in [2.45, 2.75) is 13.0 Å². The van der Waals surface area contributed by atoms with Crippen LogP contribution in [0.25, 0.3) is 0 Å². The molecule has 1 saturated heterocycles. The first-order valence-corrected chi connectivity index (χ1v) is 4.70. The summed E-state index contributed by atoms with van der Waals surface area (Å²) in [5.41, 5.74) is 0. The molecule has 5 heteroatoms. The van der Waals surface area contributed by atoms with Gasteiger partial charge in [0.15, 0.2) is 0 Å². The first-order valence-electron chi connectivity index (χ1n) is 3.13. The molecule has 0 N–H and O–H groups in total. The molecule has 1 rings (SSSR count). The zero-order valence-corrected chi connectivity index (χ0v) is 6.56. The zero-order chi connectivity index (χ0) is 7.61. The standard InChI is InChI=1S/C5H10O4S/c1-2-10(6,7)9-5-3-8-4-5/h5H,2-4H2,1H3. The maximum absolute atomic E-state index is 10.7. The monoisotopic (exact) mass is 166 g/mol. The lowest BCUT2D eigenvalue weighted by molar-refractivity contribution is -0.0768. The Kier molecular flexibility index (Phi) is 2.28. The van der Waals surface area contributed by atoms with Gasteiger partial charge in [-0.2, -0.15) is 8.42 Å². The van der Waals surface area contributed by atoms with Crippen LogP contribution in [-0.2, 0) is 19.0 Å². The molecule has 1 fully saturated rings. The molecule has 0 amide bonds. The molecule has 60 valence electrons. The third-order valence-electron chi connectivity index (χ3n) is 1.24. The lowest BCUT2D eigenvalue weighted by atomic mass is 10.3. The summed E-state index contributed by atoms with van der Waals surface area (Å²) in [6.45, 7) is 2.35. The minimum absolute atomic E-state index is 0.0312. The fourth-order valence-electron chi connectivity index (χ4n) is 0.545. The predicted molar refractivity (Wildman–Crippen MR) is 35.2 cm³/mol. The minimum atomic E-state index is -3.26. The highest BCUT2D eigenvalue weighted by Gasteiger charge is 2.24. The van der Waals surface area contributed by atoms with E-state index in [-0.39, 0.29) is 11.9 Å². The van der Waals surface area contributed by atoms with E-state index in [9.17, 15) is 8.42 Å². The highest BCUT2D eigenvalue weighted by atomic mass is 32.2. The van der Waals surface area contributed by atoms with Gasteiger partial charge in [0.25, 0.3) is 10.1 Å². The molecule has 0 aromatic carbocycles. The van der Waals surface area contributed by atoms with Crippen LogP contribution in [0.3, 0.4) is 0 Å². The molecule has 1 aliphatic rings. The number of rotatable bonds is 3. The van der Waals surface area contributed by atoms with Crippen molar-refractivity contribution < 1.29 is 17.3 Å². The van der Waals surface area contributed by atoms with Crippen LogP contribution in [0.1, 0.15) is 6.92 Å². The molecule has 4 nitrogen and oxygen atoms in total. The topological polar surface area (TPSA) is 52.6 Å². The molecule has 0 unspecified atom stereocenters. The van der Waals surface area contributed by atoms with E-state index in [1.165, 1.54) is 0 Å². The van der Waals surface area contributed by atoms with Gasteiger partial charge in [0.1, 0.15) is 6.10 Å². The van der Waals surface area contributed by atoms with Crippen LogP contribution in [0, 0.1) is 0 Å². The van der Waals surface area contributed by atoms with Gasteiger partial charge in [0.05, 0.1) is 19.0 Å². The van der Waals surface area contributed by atoms with Crippen LogP contribution >= 0.6 is 0 Å². The van der Waals surface area contributed by atoms with E-state index in [0.717, 1.165) is 0 Å². The lowest BCUT2D eigenvalue weighted by Gasteiger charge is -2.24. The summed E-state index contributed by atoms with van der Waals surface area (Å²) < 4.78 is 30.9. The predicted octanol–water partition coefficient (Wildman–Crippen LogP) is -0.248. The summed E-state index contributed by atoms with van der Waals surface area (Å²) in [6, 6.07) is 0. The second kappa shape index (κ2) is 2.86. The van der Waals surface area contributed by atoms with Gasteiger partial charge >= 0.3 is 0 Å². The molecule has 0 atom stereocenters. The molecular formula is C5H10O4S. The smallest absolute Gasteiger partial charge is 0.267 e. The highest BCUT2D eigenvalue weighted by Crippen LogP contribution is 2.08. The fraction of sp³-hybridized carbons (Fsp3) is 1.00. The molecule has 0 bridgehead atoms. The van der Waals surface area contributed by atoms with Gasteiger partial charge in [-0.1, -0.05) is 0 Å². The molecule has 0 aromatic rings. The second-order valence-corrected chi connectivity index (χ2v) is 3.99. The minimum Gasteiger partial charge on any atom is -0.376 e. The molecule has 0 radical (unpaired) electrons. The third-order valence-corrected chi connectivity index (χ3v) is 2.52. The first-order chi connectivity index (χ1) is 4.64. The van der Waals surface area contributed by atoms with Gasteiger partial charge in [-0.25, -0.2) is 0 Å². The Balaban J connectivity index is 2.36. The molecule has 0 aromatic heterocycles. The Bertz CT molecular complexity index is 192. The van der Waals surface area contributed by atoms with Gasteiger partial charge in [-0.3, -0.25) is 4.18 Å². The summed E-state index contributed by atoms with van der Waals surface area (Å²) in [4.78, 5) is 0. The summed E-state index contributed by atoms with van der Waals surface area (Å²) in [5.74, 6) is 0.0312. The van der Waals surface area contributed by atoms with Crippen LogP contribution < -0.4 is 0 Å². The Morgan fingerprint density at radius 2 is 2.20 bits per heavy atom. The van der Waals surface area contributed by atoms with Gasteiger partial charge in [0, 0.05) is 0 Å². The van der Waals surface area contributed by atoms with E-state index < -0.39 is 10.1 Å². The Hall–Kier alpha value is -0.130. The molecule has 1 aliphatic heterocycles. The van der Waals surface area contributed by atoms with E-state index in [2.05, 4.69) is 4.18 Å². The van der Waals surface area contributed by atoms with E-state index >= 15 is 0 Å². The van der Waals surface area contributed by atoms with Crippen LogP contribution in [0.5, 0.6) is 0 Å². The highest BCUT2D eigenvalue weighted by molar-refractivity contribution is 7.86. The summed E-state index contributed by atoms with van der Waals surface area (Å²) >= 11 is 0. The van der Waals surface area contributed by atoms with E-state index in [1.54, 1.807) is 6.92 Å². The Morgan fingerprint density at radius 1 is 1.60 bits per heavy atom. The summed E-state index contributed by atoms with van der Waals surface area (Å²) in [5, 5.41) is 0. The first kappa shape index (κ1) is 7.97. The van der Waals surface area contributed by atoms with Crippen LogP contribution in [0.2, 0.25) is 0 Å². The van der Waals surface area contributed by atoms with Crippen molar-refractivity contribution in [3.05, 3.63) is 0 Å². The maximum atomic E-state index is 10.7. The van der Waals surface area contributed by atoms with Crippen molar-refractivity contribution in [3.8, 4) is 0 Å². The van der Waals surface area contributed by atoms with Gasteiger partial charge in [-0.15, -0.1) is 0 Å². The van der Waals surface area contributed by atoms with Gasteiger partial charge < -0.3 is 4.74 Å². The SMILES string of the molecule is CCS(=O)(=O)OC1COC1. The average Bonchev–Trinajstić information content (AvgIpc) is 1.80. The lowest BCUT2D eigenvalue weighted by Crippen LogP contribution is -2.38. The van der Waals surface area contributed by atoms with Gasteiger partial charge in [0.2, 0.25) is 0 Å². The molecule has 0 saturated carbocycles. The number of ether oxygens (including phenoxy) is 1. The zero-order valence-electron chi connectivity index (χ0n) is 5.74. The molecule has 1 heterocycles. The normalized spacial score (nSPS) is 20.5. The van der Waals surface area contributed by atoms with Crippen molar-refractivity contribution >= 4 is 10.1 Å². The van der Waals surface area contributed by atoms with Crippen molar-refractivity contribution in [1.29, 1.82) is 0 Å². The van der Waals surface area contributed by atoms with Crippen LogP contribution in [0.4, 0.5) is 0 Å². The van der Waals surface area contributed by atoms with Crippen molar-refractivity contribution in [1.82, 2.24) is 0 Å².